The summed E-state index contributed by atoms with van der Waals surface area (Å²) in [6, 6.07) is 11.9. The zero-order valence-electron chi connectivity index (χ0n) is 24.6. The van der Waals surface area contributed by atoms with Gasteiger partial charge in [0, 0.05) is 25.2 Å². The van der Waals surface area contributed by atoms with Crippen LogP contribution in [0, 0.1) is 13.8 Å². The maximum atomic E-state index is 6.01. The molecule has 0 aliphatic heterocycles. The van der Waals surface area contributed by atoms with Crippen LogP contribution in [0.1, 0.15) is 24.5 Å². The van der Waals surface area contributed by atoms with E-state index in [1.165, 1.54) is 12.7 Å². The average molecular weight is 567 g/mol. The second-order valence-corrected chi connectivity index (χ2v) is 9.88. The van der Waals surface area contributed by atoms with E-state index in [0.717, 1.165) is 73.6 Å². The molecule has 6 aromatic rings. The van der Waals surface area contributed by atoms with Crippen LogP contribution in [0.15, 0.2) is 49.1 Å². The number of nitrogen functional groups attached to an aromatic ring is 2. The summed E-state index contributed by atoms with van der Waals surface area (Å²) in [4.78, 5) is 16.6. The summed E-state index contributed by atoms with van der Waals surface area (Å²) in [7, 11) is 5.37. The van der Waals surface area contributed by atoms with Crippen LogP contribution in [0.5, 0.6) is 11.5 Å². The van der Waals surface area contributed by atoms with Gasteiger partial charge in [0.1, 0.15) is 47.2 Å². The van der Waals surface area contributed by atoms with Crippen LogP contribution in [0.25, 0.3) is 44.6 Å². The lowest BCUT2D eigenvalue weighted by Gasteiger charge is -2.10. The number of fused-ring (bicyclic) bond motifs is 2. The first-order valence-electron chi connectivity index (χ1n) is 13.5. The number of benzene rings is 2. The second-order valence-electron chi connectivity index (χ2n) is 9.88. The van der Waals surface area contributed by atoms with Crippen LogP contribution in [0.4, 0.5) is 11.6 Å². The third-order valence-corrected chi connectivity index (χ3v) is 6.82. The third-order valence-electron chi connectivity index (χ3n) is 6.82. The summed E-state index contributed by atoms with van der Waals surface area (Å²) < 4.78 is 14.5. The van der Waals surface area contributed by atoms with E-state index in [1.54, 1.807) is 16.5 Å². The van der Waals surface area contributed by atoms with Gasteiger partial charge in [-0.05, 0) is 55.7 Å². The Hall–Kier alpha value is -5.26. The number of methoxy groups -OCH3 is 1. The van der Waals surface area contributed by atoms with Gasteiger partial charge in [-0.1, -0.05) is 19.1 Å². The summed E-state index contributed by atoms with van der Waals surface area (Å²) in [5.74, 6) is 2.59. The second kappa shape index (κ2) is 11.7. The summed E-state index contributed by atoms with van der Waals surface area (Å²) in [5.41, 5.74) is 19.0. The molecular weight excluding hydrogens is 532 g/mol. The van der Waals surface area contributed by atoms with Crippen molar-refractivity contribution in [3.8, 4) is 34.0 Å². The highest BCUT2D eigenvalue weighted by atomic mass is 16.5. The van der Waals surface area contributed by atoms with Crippen molar-refractivity contribution in [2.75, 3.05) is 25.2 Å². The van der Waals surface area contributed by atoms with Gasteiger partial charge in [0.2, 0.25) is 0 Å². The standard InChI is InChI=1S/2C15H17N5O/c1-8-5-10(6-9(2)13(8)21-4)12-11-14(16)17-7-18-15(11)20(3)19-12;1-3-7-21-11-6-4-5-10(8-11)13-12-14(16)17-9-18-15(12)20(2)19-13/h5-7H,1-4H3,(H2,16,17,18);4-6,8-9H,3,7H2,1-2H3,(H2,16,17,18). The lowest BCUT2D eigenvalue weighted by molar-refractivity contribution is 0.317. The summed E-state index contributed by atoms with van der Waals surface area (Å²) >= 11 is 0. The fourth-order valence-corrected chi connectivity index (χ4v) is 4.98. The largest absolute Gasteiger partial charge is 0.496 e. The van der Waals surface area contributed by atoms with E-state index in [0.29, 0.717) is 18.2 Å². The average Bonchev–Trinajstić information content (AvgIpc) is 3.51. The maximum Gasteiger partial charge on any atom is 0.163 e. The van der Waals surface area contributed by atoms with Gasteiger partial charge < -0.3 is 20.9 Å². The van der Waals surface area contributed by atoms with Crippen LogP contribution in [-0.2, 0) is 14.1 Å². The van der Waals surface area contributed by atoms with Gasteiger partial charge in [-0.3, -0.25) is 0 Å². The van der Waals surface area contributed by atoms with Gasteiger partial charge in [-0.25, -0.2) is 29.3 Å². The fraction of sp³-hybridized carbons (Fsp3) is 0.267. The molecule has 0 bridgehead atoms. The number of ether oxygens (including phenoxy) is 2. The Morgan fingerprint density at radius 3 is 1.83 bits per heavy atom. The number of hydrogen-bond donors (Lipinski definition) is 2. The number of nitrogens with zero attached hydrogens (tertiary/aromatic N) is 8. The molecule has 12 nitrogen and oxygen atoms in total. The van der Waals surface area contributed by atoms with Crippen molar-refractivity contribution in [3.63, 3.8) is 0 Å². The summed E-state index contributed by atoms with van der Waals surface area (Å²) in [6.07, 6.45) is 3.87. The molecular formula is C30H34N10O2. The number of hydrogen-bond acceptors (Lipinski definition) is 10. The smallest absolute Gasteiger partial charge is 0.163 e. The Morgan fingerprint density at radius 1 is 0.762 bits per heavy atom. The quantitative estimate of drug-likeness (QED) is 0.291. The Morgan fingerprint density at radius 2 is 1.31 bits per heavy atom. The first-order valence-corrected chi connectivity index (χ1v) is 13.5. The highest BCUT2D eigenvalue weighted by Crippen LogP contribution is 2.34. The van der Waals surface area contributed by atoms with Crippen LogP contribution < -0.4 is 20.9 Å². The van der Waals surface area contributed by atoms with Gasteiger partial charge in [0.05, 0.1) is 24.5 Å². The highest BCUT2D eigenvalue weighted by molar-refractivity contribution is 5.99. The van der Waals surface area contributed by atoms with Crippen LogP contribution in [-0.4, -0.2) is 53.2 Å². The number of anilines is 2. The van der Waals surface area contributed by atoms with E-state index in [4.69, 9.17) is 20.9 Å². The summed E-state index contributed by atoms with van der Waals surface area (Å²) in [6.45, 7) is 6.80. The minimum atomic E-state index is 0.433. The van der Waals surface area contributed by atoms with E-state index in [-0.39, 0.29) is 0 Å². The predicted octanol–water partition coefficient (Wildman–Crippen LogP) is 4.64. The molecule has 0 spiro atoms. The first-order chi connectivity index (χ1) is 20.2. The molecule has 0 amide bonds. The minimum Gasteiger partial charge on any atom is -0.496 e. The van der Waals surface area contributed by atoms with Gasteiger partial charge in [0.25, 0.3) is 0 Å². The Balaban J connectivity index is 0.000000168. The molecule has 0 fully saturated rings. The van der Waals surface area contributed by atoms with Gasteiger partial charge in [-0.15, -0.1) is 0 Å². The molecule has 0 aliphatic rings. The lowest BCUT2D eigenvalue weighted by Crippen LogP contribution is -1.95. The predicted molar refractivity (Wildman–Crippen MR) is 164 cm³/mol. The lowest BCUT2D eigenvalue weighted by atomic mass is 10.0. The van der Waals surface area contributed by atoms with E-state index < -0.39 is 0 Å². The van der Waals surface area contributed by atoms with Gasteiger partial charge in [0.15, 0.2) is 11.3 Å². The van der Waals surface area contributed by atoms with Crippen molar-refractivity contribution in [3.05, 3.63) is 60.2 Å². The van der Waals surface area contributed by atoms with Crippen molar-refractivity contribution >= 4 is 33.7 Å². The molecule has 0 saturated carbocycles. The van der Waals surface area contributed by atoms with E-state index in [1.807, 2.05) is 64.3 Å². The Labute approximate surface area is 243 Å². The Bertz CT molecular complexity index is 1870. The number of aryl methyl sites for hydroxylation is 4. The molecule has 6 rings (SSSR count). The Kier molecular flexibility index (Phi) is 7.87. The summed E-state index contributed by atoms with van der Waals surface area (Å²) in [5, 5.41) is 10.6. The molecule has 0 radical (unpaired) electrons. The van der Waals surface area contributed by atoms with Crippen LogP contribution in [0.2, 0.25) is 0 Å². The van der Waals surface area contributed by atoms with E-state index in [2.05, 4.69) is 37.1 Å². The van der Waals surface area contributed by atoms with E-state index in [9.17, 15) is 0 Å². The SMILES string of the molecule is CCCOc1cccc(-c2nn(C)c3ncnc(N)c23)c1.COc1c(C)cc(-c2nn(C)c3ncnc(N)c23)cc1C. The molecule has 2 aromatic carbocycles. The maximum absolute atomic E-state index is 6.01. The van der Waals surface area contributed by atoms with Crippen molar-refractivity contribution in [2.45, 2.75) is 27.2 Å². The van der Waals surface area contributed by atoms with Crippen molar-refractivity contribution in [1.29, 1.82) is 0 Å². The molecule has 12 heteroatoms. The molecule has 42 heavy (non-hydrogen) atoms. The third kappa shape index (κ3) is 5.26. The van der Waals surface area contributed by atoms with Crippen LogP contribution in [0.3, 0.4) is 0 Å². The van der Waals surface area contributed by atoms with Crippen molar-refractivity contribution < 1.29 is 9.47 Å². The number of nitrogens with two attached hydrogens (primary N) is 2. The molecule has 0 aliphatic carbocycles. The zero-order valence-corrected chi connectivity index (χ0v) is 24.6. The van der Waals surface area contributed by atoms with E-state index >= 15 is 0 Å². The monoisotopic (exact) mass is 566 g/mol. The molecule has 0 unspecified atom stereocenters. The highest BCUT2D eigenvalue weighted by Gasteiger charge is 2.18. The van der Waals surface area contributed by atoms with Crippen molar-refractivity contribution in [2.24, 2.45) is 14.1 Å². The van der Waals surface area contributed by atoms with Crippen LogP contribution >= 0.6 is 0 Å². The molecule has 4 N–H and O–H groups in total. The number of rotatable bonds is 6. The van der Waals surface area contributed by atoms with Gasteiger partial charge >= 0.3 is 0 Å². The first kappa shape index (κ1) is 28.3. The molecule has 0 atom stereocenters. The normalized spacial score (nSPS) is 11.0. The fourth-order valence-electron chi connectivity index (χ4n) is 4.98. The van der Waals surface area contributed by atoms with Gasteiger partial charge in [-0.2, -0.15) is 10.2 Å². The zero-order chi connectivity index (χ0) is 30.0. The van der Waals surface area contributed by atoms with Crippen molar-refractivity contribution in [1.82, 2.24) is 39.5 Å². The topological polar surface area (TPSA) is 158 Å². The molecule has 4 aromatic heterocycles. The minimum absolute atomic E-state index is 0.433. The molecule has 216 valence electrons. The number of aromatic nitrogens is 8. The molecule has 0 saturated heterocycles. The molecule has 4 heterocycles.